The van der Waals surface area contributed by atoms with Crippen molar-refractivity contribution in [3.63, 3.8) is 0 Å². The summed E-state index contributed by atoms with van der Waals surface area (Å²) < 4.78 is 61.2. The zero-order chi connectivity index (χ0) is 20.9. The molecule has 3 nitrogen and oxygen atoms in total. The zero-order valence-electron chi connectivity index (χ0n) is 16.0. The number of rotatable bonds is 5. The molecule has 2 aliphatic carbocycles. The minimum absolute atomic E-state index is 0.115. The lowest BCUT2D eigenvalue weighted by Crippen LogP contribution is -2.11. The lowest BCUT2D eigenvalue weighted by Gasteiger charge is -2.10. The Bertz CT molecular complexity index is 976. The number of benzene rings is 2. The maximum absolute atomic E-state index is 12.7. The molecule has 4 rings (SSSR count). The van der Waals surface area contributed by atoms with Crippen LogP contribution in [-0.4, -0.2) is 8.42 Å². The normalized spacial score (nSPS) is 23.4. The summed E-state index contributed by atoms with van der Waals surface area (Å²) in [5, 5.41) is 5.19. The van der Waals surface area contributed by atoms with Crippen LogP contribution in [0.5, 0.6) is 0 Å². The van der Waals surface area contributed by atoms with Crippen molar-refractivity contribution >= 4 is 10.0 Å². The average molecular weight is 424 g/mol. The summed E-state index contributed by atoms with van der Waals surface area (Å²) in [5.74, 6) is 0.863. The molecule has 0 aromatic heterocycles. The van der Waals surface area contributed by atoms with E-state index in [9.17, 15) is 21.6 Å². The molecule has 2 atom stereocenters. The van der Waals surface area contributed by atoms with Gasteiger partial charge < -0.3 is 0 Å². The molecular weight excluding hydrogens is 399 g/mol. The molecule has 0 amide bonds. The van der Waals surface area contributed by atoms with E-state index in [4.69, 9.17) is 5.14 Å². The molecule has 0 saturated heterocycles. The fraction of sp³-hybridized carbons (Fsp3) is 0.455. The van der Waals surface area contributed by atoms with E-state index in [-0.39, 0.29) is 10.3 Å². The highest BCUT2D eigenvalue weighted by Gasteiger charge is 2.64. The fourth-order valence-corrected chi connectivity index (χ4v) is 5.87. The van der Waals surface area contributed by atoms with Gasteiger partial charge in [-0.15, -0.1) is 0 Å². The zero-order valence-corrected chi connectivity index (χ0v) is 16.8. The van der Waals surface area contributed by atoms with E-state index in [0.717, 1.165) is 48.9 Å². The second-order valence-electron chi connectivity index (χ2n) is 8.37. The highest BCUT2D eigenvalue weighted by molar-refractivity contribution is 7.89. The third-order valence-corrected chi connectivity index (χ3v) is 7.71. The van der Waals surface area contributed by atoms with Gasteiger partial charge in [0.2, 0.25) is 10.0 Å². The first-order chi connectivity index (χ1) is 13.6. The molecule has 0 radical (unpaired) electrons. The van der Waals surface area contributed by atoms with Gasteiger partial charge in [0, 0.05) is 0 Å². The minimum atomic E-state index is -4.31. The standard InChI is InChI=1S/C22H24F3NO2S/c23-22(24,25)17-8-3-15(4-9-17)5-12-19-20(21(19)13-1-2-14-21)16-6-10-18(11-7-16)29(26,27)28/h3-4,6-11,19-20H,1-2,5,12-14H2,(H2,26,27,28). The van der Waals surface area contributed by atoms with Crippen LogP contribution in [0, 0.1) is 11.3 Å². The van der Waals surface area contributed by atoms with Crippen LogP contribution in [0.3, 0.4) is 0 Å². The van der Waals surface area contributed by atoms with Crippen molar-refractivity contribution in [1.82, 2.24) is 0 Å². The van der Waals surface area contributed by atoms with Gasteiger partial charge in [-0.3, -0.25) is 0 Å². The van der Waals surface area contributed by atoms with Crippen molar-refractivity contribution in [3.8, 4) is 0 Å². The lowest BCUT2D eigenvalue weighted by atomic mass is 9.96. The van der Waals surface area contributed by atoms with Gasteiger partial charge in [0.1, 0.15) is 0 Å². The molecule has 7 heteroatoms. The summed E-state index contributed by atoms with van der Waals surface area (Å²) >= 11 is 0. The summed E-state index contributed by atoms with van der Waals surface area (Å²) in [5.41, 5.74) is 1.69. The first-order valence-corrected chi connectivity index (χ1v) is 11.4. The molecule has 156 valence electrons. The van der Waals surface area contributed by atoms with Crippen molar-refractivity contribution in [2.24, 2.45) is 16.5 Å². The fourth-order valence-electron chi connectivity index (χ4n) is 5.36. The maximum Gasteiger partial charge on any atom is 0.416 e. The van der Waals surface area contributed by atoms with Gasteiger partial charge in [-0.2, -0.15) is 13.2 Å². The molecule has 2 saturated carbocycles. The van der Waals surface area contributed by atoms with Gasteiger partial charge >= 0.3 is 6.18 Å². The number of primary sulfonamides is 1. The maximum atomic E-state index is 12.7. The molecule has 0 aliphatic heterocycles. The van der Waals surface area contributed by atoms with Crippen molar-refractivity contribution in [1.29, 1.82) is 0 Å². The number of nitrogens with two attached hydrogens (primary N) is 1. The van der Waals surface area contributed by atoms with Gasteiger partial charge in [0.05, 0.1) is 10.5 Å². The largest absolute Gasteiger partial charge is 0.416 e. The minimum Gasteiger partial charge on any atom is -0.225 e. The van der Waals surface area contributed by atoms with E-state index >= 15 is 0 Å². The van der Waals surface area contributed by atoms with E-state index in [2.05, 4.69) is 0 Å². The Morgan fingerprint density at radius 1 is 0.966 bits per heavy atom. The highest BCUT2D eigenvalue weighted by Crippen LogP contribution is 2.73. The van der Waals surface area contributed by atoms with Crippen molar-refractivity contribution < 1.29 is 21.6 Å². The Kier molecular flexibility index (Phi) is 5.02. The lowest BCUT2D eigenvalue weighted by molar-refractivity contribution is -0.137. The molecule has 2 aromatic rings. The van der Waals surface area contributed by atoms with Crippen LogP contribution in [0.1, 0.15) is 54.7 Å². The van der Waals surface area contributed by atoms with Gasteiger partial charge in [-0.25, -0.2) is 13.6 Å². The van der Waals surface area contributed by atoms with Gasteiger partial charge in [-0.1, -0.05) is 37.1 Å². The SMILES string of the molecule is NS(=O)(=O)c1ccc(C2C(CCc3ccc(C(F)(F)F)cc3)C23CCCC3)cc1. The summed E-state index contributed by atoms with van der Waals surface area (Å²) in [6.45, 7) is 0. The Balaban J connectivity index is 1.48. The van der Waals surface area contributed by atoms with Crippen LogP contribution in [0.25, 0.3) is 0 Å². The van der Waals surface area contributed by atoms with Crippen LogP contribution in [0.4, 0.5) is 13.2 Å². The third-order valence-electron chi connectivity index (χ3n) is 6.78. The summed E-state index contributed by atoms with van der Waals surface area (Å²) in [6, 6.07) is 12.3. The topological polar surface area (TPSA) is 60.2 Å². The highest BCUT2D eigenvalue weighted by atomic mass is 32.2. The molecule has 2 aliphatic rings. The molecule has 29 heavy (non-hydrogen) atoms. The molecular formula is C22H24F3NO2S. The number of hydrogen-bond donors (Lipinski definition) is 1. The number of halogens is 3. The summed E-state index contributed by atoms with van der Waals surface area (Å²) in [7, 11) is -3.71. The quantitative estimate of drug-likeness (QED) is 0.713. The van der Waals surface area contributed by atoms with Crippen molar-refractivity contribution in [2.45, 2.75) is 55.5 Å². The molecule has 2 aromatic carbocycles. The molecule has 2 N–H and O–H groups in total. The van der Waals surface area contributed by atoms with Crippen molar-refractivity contribution in [2.75, 3.05) is 0 Å². The monoisotopic (exact) mass is 423 g/mol. The summed E-state index contributed by atoms with van der Waals surface area (Å²) in [6.07, 6.45) is 2.07. The second kappa shape index (κ2) is 7.13. The smallest absolute Gasteiger partial charge is 0.225 e. The van der Waals surface area contributed by atoms with E-state index < -0.39 is 21.8 Å². The Morgan fingerprint density at radius 3 is 2.07 bits per heavy atom. The summed E-state index contributed by atoms with van der Waals surface area (Å²) in [4.78, 5) is 0.115. The van der Waals surface area contributed by atoms with Crippen LogP contribution in [0.2, 0.25) is 0 Å². The Morgan fingerprint density at radius 2 is 1.55 bits per heavy atom. The average Bonchev–Trinajstić information content (AvgIpc) is 2.99. The van der Waals surface area contributed by atoms with Gasteiger partial charge in [0.15, 0.2) is 0 Å². The van der Waals surface area contributed by atoms with Gasteiger partial charge in [0.25, 0.3) is 0 Å². The number of hydrogen-bond acceptors (Lipinski definition) is 2. The van der Waals surface area contributed by atoms with E-state index in [0.29, 0.717) is 11.8 Å². The molecule has 2 fully saturated rings. The van der Waals surface area contributed by atoms with Crippen LogP contribution in [-0.2, 0) is 22.6 Å². The van der Waals surface area contributed by atoms with E-state index in [1.54, 1.807) is 24.3 Å². The number of alkyl halides is 3. The predicted molar refractivity (Wildman–Crippen MR) is 105 cm³/mol. The third kappa shape index (κ3) is 3.94. The molecule has 1 spiro atoms. The first kappa shape index (κ1) is 20.4. The Hall–Kier alpha value is -1.86. The van der Waals surface area contributed by atoms with Crippen LogP contribution >= 0.6 is 0 Å². The Labute approximate surface area is 169 Å². The van der Waals surface area contributed by atoms with Crippen molar-refractivity contribution in [3.05, 3.63) is 65.2 Å². The molecule has 0 bridgehead atoms. The van der Waals surface area contributed by atoms with Crippen LogP contribution < -0.4 is 5.14 Å². The number of sulfonamides is 1. The van der Waals surface area contributed by atoms with Gasteiger partial charge in [-0.05, 0) is 78.3 Å². The van der Waals surface area contributed by atoms with Crippen LogP contribution in [0.15, 0.2) is 53.4 Å². The van der Waals surface area contributed by atoms with E-state index in [1.807, 2.05) is 12.1 Å². The molecule has 0 heterocycles. The van der Waals surface area contributed by atoms with E-state index in [1.165, 1.54) is 12.8 Å². The second-order valence-corrected chi connectivity index (χ2v) is 9.93. The molecule has 2 unspecified atom stereocenters. The number of aryl methyl sites for hydroxylation is 1. The first-order valence-electron chi connectivity index (χ1n) is 9.90. The predicted octanol–water partition coefficient (Wildman–Crippen LogP) is 5.26.